The van der Waals surface area contributed by atoms with Crippen molar-refractivity contribution in [3.8, 4) is 0 Å². The molecule has 0 amide bonds. The van der Waals surface area contributed by atoms with E-state index in [9.17, 15) is 4.21 Å². The molecule has 0 aliphatic heterocycles. The van der Waals surface area contributed by atoms with Crippen LogP contribution in [0.3, 0.4) is 0 Å². The maximum Gasteiger partial charge on any atom is 0.144 e. The molecule has 0 saturated carbocycles. The Balaban J connectivity index is 2.79. The molecule has 0 saturated heterocycles. The molecule has 15 heavy (non-hydrogen) atoms. The molecule has 82 valence electrons. The van der Waals surface area contributed by atoms with E-state index in [4.69, 9.17) is 11.6 Å². The van der Waals surface area contributed by atoms with Crippen LogP contribution in [-0.2, 0) is 11.0 Å². The molecule has 3 nitrogen and oxygen atoms in total. The Morgan fingerprint density at radius 1 is 1.47 bits per heavy atom. The summed E-state index contributed by atoms with van der Waals surface area (Å²) in [6.45, 7) is 5.60. The van der Waals surface area contributed by atoms with Gasteiger partial charge >= 0.3 is 0 Å². The van der Waals surface area contributed by atoms with Crippen molar-refractivity contribution >= 4 is 28.8 Å². The van der Waals surface area contributed by atoms with Gasteiger partial charge in [-0.1, -0.05) is 17.7 Å². The number of halogens is 1. The average Bonchev–Trinajstić information content (AvgIpc) is 2.12. The van der Waals surface area contributed by atoms with Crippen molar-refractivity contribution in [2.24, 2.45) is 4.40 Å². The molecule has 0 N–H and O–H groups in total. The van der Waals surface area contributed by atoms with E-state index in [1.165, 1.54) is 6.21 Å². The quantitative estimate of drug-likeness (QED) is 0.593. The maximum absolute atomic E-state index is 11.6. The molecular formula is C10H13ClN2OS. The van der Waals surface area contributed by atoms with Crippen molar-refractivity contribution in [3.63, 3.8) is 0 Å². The lowest BCUT2D eigenvalue weighted by Crippen LogP contribution is -2.19. The molecule has 0 aliphatic rings. The van der Waals surface area contributed by atoms with Crippen LogP contribution in [0.25, 0.3) is 0 Å². The SMILES string of the molecule is CC(C)(C)[S@@](=O)/N=C/c1cccc(Cl)n1. The summed E-state index contributed by atoms with van der Waals surface area (Å²) in [5.41, 5.74) is 0.611. The number of aromatic nitrogens is 1. The fraction of sp³-hybridized carbons (Fsp3) is 0.400. The standard InChI is InChI=1S/C10H13ClN2OS/c1-10(2,3)15(14)12-7-8-5-4-6-9(11)13-8/h4-7H,1-3H3/b12-7+/t15-/m1/s1. The zero-order valence-corrected chi connectivity index (χ0v) is 10.5. The first-order chi connectivity index (χ1) is 6.89. The Kier molecular flexibility index (Phi) is 3.99. The lowest BCUT2D eigenvalue weighted by atomic mass is 10.3. The third-order valence-corrected chi connectivity index (χ3v) is 3.10. The van der Waals surface area contributed by atoms with Gasteiger partial charge in [0, 0.05) is 0 Å². The second kappa shape index (κ2) is 4.86. The number of hydrogen-bond donors (Lipinski definition) is 0. The molecule has 1 rings (SSSR count). The van der Waals surface area contributed by atoms with Crippen LogP contribution in [0.1, 0.15) is 26.5 Å². The molecule has 0 spiro atoms. The van der Waals surface area contributed by atoms with Crippen LogP contribution < -0.4 is 0 Å². The summed E-state index contributed by atoms with van der Waals surface area (Å²) in [7, 11) is -1.26. The normalized spacial score (nSPS) is 14.4. The highest BCUT2D eigenvalue weighted by Crippen LogP contribution is 2.12. The summed E-state index contributed by atoms with van der Waals surface area (Å²) in [5.74, 6) is 0. The summed E-state index contributed by atoms with van der Waals surface area (Å²) in [6, 6.07) is 5.21. The van der Waals surface area contributed by atoms with E-state index in [1.807, 2.05) is 20.8 Å². The van der Waals surface area contributed by atoms with Gasteiger partial charge in [0.15, 0.2) is 0 Å². The highest BCUT2D eigenvalue weighted by Gasteiger charge is 2.18. The zero-order valence-electron chi connectivity index (χ0n) is 8.90. The van der Waals surface area contributed by atoms with Crippen LogP contribution in [0.2, 0.25) is 5.15 Å². The van der Waals surface area contributed by atoms with Gasteiger partial charge in [0.25, 0.3) is 0 Å². The fourth-order valence-corrected chi connectivity index (χ4v) is 1.45. The van der Waals surface area contributed by atoms with E-state index in [0.717, 1.165) is 0 Å². The Bertz CT molecular complexity index is 399. The lowest BCUT2D eigenvalue weighted by molar-refractivity contribution is 0.651. The van der Waals surface area contributed by atoms with Gasteiger partial charge < -0.3 is 0 Å². The Morgan fingerprint density at radius 3 is 2.67 bits per heavy atom. The molecule has 1 aromatic rings. The number of nitrogens with zero attached hydrogens (tertiary/aromatic N) is 2. The molecule has 1 atom stereocenters. The van der Waals surface area contributed by atoms with Gasteiger partial charge in [-0.25, -0.2) is 9.19 Å². The Hall–Kier alpha value is -0.740. The third kappa shape index (κ3) is 4.10. The van der Waals surface area contributed by atoms with Crippen LogP contribution in [0.5, 0.6) is 0 Å². The lowest BCUT2D eigenvalue weighted by Gasteiger charge is -2.12. The van der Waals surface area contributed by atoms with E-state index in [1.54, 1.807) is 18.2 Å². The van der Waals surface area contributed by atoms with Crippen molar-refractivity contribution < 1.29 is 4.21 Å². The Labute approximate surface area is 97.2 Å². The van der Waals surface area contributed by atoms with Gasteiger partial charge in [0.1, 0.15) is 16.1 Å². The molecule has 0 aromatic carbocycles. The summed E-state index contributed by atoms with van der Waals surface area (Å²) in [4.78, 5) is 4.01. The first kappa shape index (κ1) is 12.3. The van der Waals surface area contributed by atoms with Gasteiger partial charge in [-0.15, -0.1) is 0 Å². The predicted molar refractivity (Wildman–Crippen MR) is 64.7 cm³/mol. The zero-order chi connectivity index (χ0) is 11.5. The van der Waals surface area contributed by atoms with Crippen molar-refractivity contribution in [3.05, 3.63) is 29.0 Å². The van der Waals surface area contributed by atoms with Gasteiger partial charge in [-0.05, 0) is 32.9 Å². The smallest absolute Gasteiger partial charge is 0.144 e. The highest BCUT2D eigenvalue weighted by molar-refractivity contribution is 7.85. The topological polar surface area (TPSA) is 42.3 Å². The van der Waals surface area contributed by atoms with E-state index in [0.29, 0.717) is 10.8 Å². The first-order valence-electron chi connectivity index (χ1n) is 4.48. The van der Waals surface area contributed by atoms with E-state index < -0.39 is 11.0 Å². The van der Waals surface area contributed by atoms with Gasteiger partial charge in [-0.3, -0.25) is 0 Å². The van der Waals surface area contributed by atoms with Crippen LogP contribution >= 0.6 is 11.6 Å². The summed E-state index contributed by atoms with van der Waals surface area (Å²) < 4.78 is 15.2. The third-order valence-electron chi connectivity index (χ3n) is 1.54. The molecule has 5 heteroatoms. The fourth-order valence-electron chi connectivity index (χ4n) is 0.756. The molecule has 0 radical (unpaired) electrons. The summed E-state index contributed by atoms with van der Waals surface area (Å²) in [6.07, 6.45) is 1.48. The average molecular weight is 245 g/mol. The molecule has 0 unspecified atom stereocenters. The Morgan fingerprint density at radius 2 is 2.13 bits per heavy atom. The highest BCUT2D eigenvalue weighted by atomic mass is 35.5. The summed E-state index contributed by atoms with van der Waals surface area (Å²) >= 11 is 5.70. The number of hydrogen-bond acceptors (Lipinski definition) is 2. The van der Waals surface area contributed by atoms with Crippen LogP contribution in [0, 0.1) is 0 Å². The first-order valence-corrected chi connectivity index (χ1v) is 5.97. The second-order valence-electron chi connectivity index (χ2n) is 3.98. The van der Waals surface area contributed by atoms with Crippen LogP contribution in [0.4, 0.5) is 0 Å². The van der Waals surface area contributed by atoms with Crippen molar-refractivity contribution in [1.82, 2.24) is 4.98 Å². The van der Waals surface area contributed by atoms with Crippen molar-refractivity contribution in [2.45, 2.75) is 25.5 Å². The van der Waals surface area contributed by atoms with E-state index in [-0.39, 0.29) is 4.75 Å². The van der Waals surface area contributed by atoms with Crippen molar-refractivity contribution in [1.29, 1.82) is 0 Å². The van der Waals surface area contributed by atoms with Gasteiger partial charge in [0.2, 0.25) is 0 Å². The minimum Gasteiger partial charge on any atom is -0.235 e. The maximum atomic E-state index is 11.6. The minimum atomic E-state index is -1.26. The van der Waals surface area contributed by atoms with E-state index in [2.05, 4.69) is 9.38 Å². The predicted octanol–water partition coefficient (Wildman–Crippen LogP) is 2.62. The second-order valence-corrected chi connectivity index (χ2v) is 6.30. The summed E-state index contributed by atoms with van der Waals surface area (Å²) in [5, 5.41) is 0.403. The van der Waals surface area contributed by atoms with Crippen LogP contribution in [-0.4, -0.2) is 20.2 Å². The van der Waals surface area contributed by atoms with E-state index >= 15 is 0 Å². The molecule has 0 bridgehead atoms. The van der Waals surface area contributed by atoms with Crippen LogP contribution in [0.15, 0.2) is 22.6 Å². The van der Waals surface area contributed by atoms with Gasteiger partial charge in [0.05, 0.1) is 16.7 Å². The minimum absolute atomic E-state index is 0.352. The largest absolute Gasteiger partial charge is 0.235 e. The molecule has 0 fully saturated rings. The molecule has 0 aliphatic carbocycles. The number of rotatable bonds is 2. The van der Waals surface area contributed by atoms with Crippen molar-refractivity contribution in [2.75, 3.05) is 0 Å². The van der Waals surface area contributed by atoms with Gasteiger partial charge in [-0.2, -0.15) is 4.40 Å². The monoisotopic (exact) mass is 244 g/mol. The molecule has 1 heterocycles. The molecule has 1 aromatic heterocycles. The molecular weight excluding hydrogens is 232 g/mol. The number of pyridine rings is 1.